The van der Waals surface area contributed by atoms with Crippen molar-refractivity contribution in [3.05, 3.63) is 45.7 Å². The fourth-order valence-corrected chi connectivity index (χ4v) is 2.36. The molecule has 0 aliphatic carbocycles. The predicted molar refractivity (Wildman–Crippen MR) is 75.2 cm³/mol. The van der Waals surface area contributed by atoms with Gasteiger partial charge in [0.25, 0.3) is 0 Å². The van der Waals surface area contributed by atoms with Gasteiger partial charge < -0.3 is 5.73 Å². The molecule has 2 N–H and O–H groups in total. The van der Waals surface area contributed by atoms with Gasteiger partial charge in [0.1, 0.15) is 0 Å². The molecule has 0 saturated heterocycles. The summed E-state index contributed by atoms with van der Waals surface area (Å²) in [6, 6.07) is 8.16. The normalized spacial score (nSPS) is 10.8. The number of halogens is 1. The van der Waals surface area contributed by atoms with E-state index < -0.39 is 0 Å². The van der Waals surface area contributed by atoms with Crippen LogP contribution >= 0.6 is 15.9 Å². The van der Waals surface area contributed by atoms with Gasteiger partial charge in [-0.25, -0.2) is 4.68 Å². The topological polar surface area (TPSA) is 56.7 Å². The summed E-state index contributed by atoms with van der Waals surface area (Å²) in [4.78, 5) is 0. The van der Waals surface area contributed by atoms with E-state index in [0.29, 0.717) is 6.54 Å². The highest BCUT2D eigenvalue weighted by Gasteiger charge is 2.11. The standard InChI is InChI=1S/C13H17BrN4/c1-2-5-13-12(8-15)16-17-18(13)9-10-6-3-4-7-11(10)14/h3-4,6-7H,2,5,8-9,15H2,1H3. The van der Waals surface area contributed by atoms with Crippen molar-refractivity contribution < 1.29 is 0 Å². The van der Waals surface area contributed by atoms with E-state index in [9.17, 15) is 0 Å². The zero-order valence-corrected chi connectivity index (χ0v) is 12.0. The van der Waals surface area contributed by atoms with Crippen LogP contribution in [-0.2, 0) is 19.5 Å². The van der Waals surface area contributed by atoms with Crippen LogP contribution in [0.5, 0.6) is 0 Å². The van der Waals surface area contributed by atoms with Crippen molar-refractivity contribution in [2.24, 2.45) is 5.73 Å². The lowest BCUT2D eigenvalue weighted by Gasteiger charge is -2.08. The van der Waals surface area contributed by atoms with Crippen LogP contribution < -0.4 is 5.73 Å². The van der Waals surface area contributed by atoms with Crippen LogP contribution in [-0.4, -0.2) is 15.0 Å². The van der Waals surface area contributed by atoms with E-state index in [2.05, 4.69) is 39.2 Å². The van der Waals surface area contributed by atoms with Gasteiger partial charge in [-0.2, -0.15) is 0 Å². The molecule has 0 radical (unpaired) electrons. The summed E-state index contributed by atoms with van der Waals surface area (Å²) in [5, 5.41) is 8.36. The van der Waals surface area contributed by atoms with Gasteiger partial charge in [-0.05, 0) is 18.1 Å². The molecule has 4 nitrogen and oxygen atoms in total. The Balaban J connectivity index is 2.29. The lowest BCUT2D eigenvalue weighted by molar-refractivity contribution is 0.612. The SMILES string of the molecule is CCCc1c(CN)nnn1Cc1ccccc1Br. The van der Waals surface area contributed by atoms with Crippen molar-refractivity contribution in [1.82, 2.24) is 15.0 Å². The number of nitrogens with two attached hydrogens (primary N) is 1. The van der Waals surface area contributed by atoms with Crippen molar-refractivity contribution in [3.63, 3.8) is 0 Å². The molecule has 0 bridgehead atoms. The Labute approximate surface area is 115 Å². The molecule has 0 saturated carbocycles. The number of benzene rings is 1. The summed E-state index contributed by atoms with van der Waals surface area (Å²) in [5.41, 5.74) is 8.95. The molecular weight excluding hydrogens is 292 g/mol. The van der Waals surface area contributed by atoms with Gasteiger partial charge in [0.05, 0.1) is 17.9 Å². The van der Waals surface area contributed by atoms with Gasteiger partial charge in [-0.15, -0.1) is 5.10 Å². The fraction of sp³-hybridized carbons (Fsp3) is 0.385. The first-order valence-corrected chi connectivity index (χ1v) is 6.90. The fourth-order valence-electron chi connectivity index (χ4n) is 1.95. The van der Waals surface area contributed by atoms with Crippen LogP contribution in [0.15, 0.2) is 28.7 Å². The van der Waals surface area contributed by atoms with Gasteiger partial charge in [0.15, 0.2) is 0 Å². The number of rotatable bonds is 5. The summed E-state index contributed by atoms with van der Waals surface area (Å²) in [7, 11) is 0. The molecule has 0 unspecified atom stereocenters. The second-order valence-electron chi connectivity index (χ2n) is 4.19. The van der Waals surface area contributed by atoms with Gasteiger partial charge >= 0.3 is 0 Å². The van der Waals surface area contributed by atoms with E-state index in [-0.39, 0.29) is 0 Å². The Kier molecular flexibility index (Phi) is 4.49. The van der Waals surface area contributed by atoms with Crippen molar-refractivity contribution >= 4 is 15.9 Å². The maximum absolute atomic E-state index is 5.69. The largest absolute Gasteiger partial charge is 0.325 e. The van der Waals surface area contributed by atoms with Crippen LogP contribution in [0.4, 0.5) is 0 Å². The molecule has 0 aliphatic rings. The molecule has 1 aromatic heterocycles. The second kappa shape index (κ2) is 6.11. The molecule has 0 aliphatic heterocycles. The molecule has 0 fully saturated rings. The van der Waals surface area contributed by atoms with Crippen LogP contribution in [0.2, 0.25) is 0 Å². The number of aromatic nitrogens is 3. The quantitative estimate of drug-likeness (QED) is 0.923. The number of nitrogens with zero attached hydrogens (tertiary/aromatic N) is 3. The van der Waals surface area contributed by atoms with E-state index in [1.165, 1.54) is 5.56 Å². The number of hydrogen-bond donors (Lipinski definition) is 1. The Bertz CT molecular complexity index is 521. The van der Waals surface area contributed by atoms with Crippen molar-refractivity contribution in [2.75, 3.05) is 0 Å². The third-order valence-corrected chi connectivity index (χ3v) is 3.65. The minimum Gasteiger partial charge on any atom is -0.325 e. The van der Waals surface area contributed by atoms with Gasteiger partial charge in [-0.1, -0.05) is 52.7 Å². The number of hydrogen-bond acceptors (Lipinski definition) is 3. The molecular formula is C13H17BrN4. The summed E-state index contributed by atoms with van der Waals surface area (Å²) in [6.45, 7) is 3.32. The first-order valence-electron chi connectivity index (χ1n) is 6.11. The molecule has 0 amide bonds. The van der Waals surface area contributed by atoms with E-state index in [0.717, 1.165) is 35.2 Å². The lowest BCUT2D eigenvalue weighted by Crippen LogP contribution is -2.09. The summed E-state index contributed by atoms with van der Waals surface area (Å²) in [6.07, 6.45) is 2.03. The first kappa shape index (κ1) is 13.2. The molecule has 18 heavy (non-hydrogen) atoms. The first-order chi connectivity index (χ1) is 8.76. The average Bonchev–Trinajstić information content (AvgIpc) is 2.75. The zero-order valence-electron chi connectivity index (χ0n) is 10.4. The summed E-state index contributed by atoms with van der Waals surface area (Å²) >= 11 is 3.55. The Morgan fingerprint density at radius 1 is 1.33 bits per heavy atom. The molecule has 1 heterocycles. The summed E-state index contributed by atoms with van der Waals surface area (Å²) in [5.74, 6) is 0. The molecule has 2 aromatic rings. The van der Waals surface area contributed by atoms with Gasteiger partial charge in [-0.3, -0.25) is 0 Å². The third kappa shape index (κ3) is 2.79. The third-order valence-electron chi connectivity index (χ3n) is 2.88. The van der Waals surface area contributed by atoms with E-state index >= 15 is 0 Å². The smallest absolute Gasteiger partial charge is 0.0994 e. The van der Waals surface area contributed by atoms with Crippen LogP contribution in [0.25, 0.3) is 0 Å². The highest BCUT2D eigenvalue weighted by atomic mass is 79.9. The van der Waals surface area contributed by atoms with E-state index in [1.807, 2.05) is 22.9 Å². The van der Waals surface area contributed by atoms with Crippen LogP contribution in [0.1, 0.15) is 30.3 Å². The summed E-state index contributed by atoms with van der Waals surface area (Å²) < 4.78 is 3.04. The maximum atomic E-state index is 5.69. The minimum absolute atomic E-state index is 0.450. The average molecular weight is 309 g/mol. The van der Waals surface area contributed by atoms with Crippen molar-refractivity contribution in [1.29, 1.82) is 0 Å². The van der Waals surface area contributed by atoms with Crippen molar-refractivity contribution in [2.45, 2.75) is 32.9 Å². The van der Waals surface area contributed by atoms with Crippen molar-refractivity contribution in [3.8, 4) is 0 Å². The minimum atomic E-state index is 0.450. The Morgan fingerprint density at radius 2 is 2.11 bits per heavy atom. The Morgan fingerprint density at radius 3 is 2.78 bits per heavy atom. The van der Waals surface area contributed by atoms with Crippen LogP contribution in [0, 0.1) is 0 Å². The maximum Gasteiger partial charge on any atom is 0.0994 e. The molecule has 96 valence electrons. The van der Waals surface area contributed by atoms with Gasteiger partial charge in [0.2, 0.25) is 0 Å². The molecule has 0 atom stereocenters. The Hall–Kier alpha value is -1.20. The highest BCUT2D eigenvalue weighted by Crippen LogP contribution is 2.18. The zero-order chi connectivity index (χ0) is 13.0. The van der Waals surface area contributed by atoms with E-state index in [1.54, 1.807) is 0 Å². The predicted octanol–water partition coefficient (Wildman–Crippen LogP) is 2.50. The molecule has 1 aromatic carbocycles. The second-order valence-corrected chi connectivity index (χ2v) is 5.04. The van der Waals surface area contributed by atoms with E-state index in [4.69, 9.17) is 5.73 Å². The molecule has 5 heteroatoms. The molecule has 0 spiro atoms. The molecule has 2 rings (SSSR count). The highest BCUT2D eigenvalue weighted by molar-refractivity contribution is 9.10. The van der Waals surface area contributed by atoms with Crippen LogP contribution in [0.3, 0.4) is 0 Å². The monoisotopic (exact) mass is 308 g/mol. The van der Waals surface area contributed by atoms with Gasteiger partial charge in [0, 0.05) is 11.0 Å². The lowest BCUT2D eigenvalue weighted by atomic mass is 10.2.